The molecule has 0 saturated carbocycles. The summed E-state index contributed by atoms with van der Waals surface area (Å²) in [4.78, 5) is 2.83. The zero-order chi connectivity index (χ0) is 13.0. The third-order valence-electron chi connectivity index (χ3n) is 3.42. The molecule has 3 nitrogen and oxygen atoms in total. The Kier molecular flexibility index (Phi) is 4.42. The van der Waals surface area contributed by atoms with Crippen molar-refractivity contribution in [1.29, 1.82) is 0 Å². The van der Waals surface area contributed by atoms with E-state index in [0.29, 0.717) is 4.99 Å². The summed E-state index contributed by atoms with van der Waals surface area (Å²) < 4.78 is 5.30. The van der Waals surface area contributed by atoms with E-state index in [1.54, 1.807) is 7.11 Å². The van der Waals surface area contributed by atoms with Crippen molar-refractivity contribution in [2.24, 2.45) is 5.73 Å². The Bertz CT molecular complexity index is 426. The summed E-state index contributed by atoms with van der Waals surface area (Å²) >= 11 is 5.14. The van der Waals surface area contributed by atoms with Gasteiger partial charge in [0.25, 0.3) is 0 Å². The second-order valence-electron chi connectivity index (χ2n) is 4.65. The van der Waals surface area contributed by atoms with Crippen LogP contribution in [0.2, 0.25) is 0 Å². The van der Waals surface area contributed by atoms with Crippen molar-refractivity contribution in [3.63, 3.8) is 0 Å². The summed E-state index contributed by atoms with van der Waals surface area (Å²) in [5.41, 5.74) is 7.88. The van der Waals surface area contributed by atoms with E-state index in [1.807, 2.05) is 18.2 Å². The first-order valence-electron chi connectivity index (χ1n) is 6.45. The van der Waals surface area contributed by atoms with Crippen LogP contribution in [-0.2, 0) is 0 Å². The van der Waals surface area contributed by atoms with E-state index in [1.165, 1.54) is 25.7 Å². The van der Waals surface area contributed by atoms with E-state index < -0.39 is 0 Å². The number of anilines is 1. The number of ether oxygens (including phenoxy) is 1. The van der Waals surface area contributed by atoms with Crippen molar-refractivity contribution >= 4 is 22.9 Å². The molecule has 98 valence electrons. The van der Waals surface area contributed by atoms with Gasteiger partial charge in [0, 0.05) is 24.7 Å². The monoisotopic (exact) mass is 264 g/mol. The molecule has 1 saturated heterocycles. The molecule has 1 aliphatic heterocycles. The summed E-state index contributed by atoms with van der Waals surface area (Å²) in [7, 11) is 1.68. The van der Waals surface area contributed by atoms with Crippen molar-refractivity contribution < 1.29 is 4.74 Å². The van der Waals surface area contributed by atoms with Gasteiger partial charge in [-0.1, -0.05) is 25.1 Å². The molecule has 2 rings (SSSR count). The Morgan fingerprint density at radius 2 is 1.89 bits per heavy atom. The maximum absolute atomic E-state index is 5.82. The molecule has 0 radical (unpaired) electrons. The first-order valence-corrected chi connectivity index (χ1v) is 6.86. The minimum absolute atomic E-state index is 0.455. The van der Waals surface area contributed by atoms with Crippen molar-refractivity contribution in [2.75, 3.05) is 25.1 Å². The van der Waals surface area contributed by atoms with Gasteiger partial charge >= 0.3 is 0 Å². The predicted molar refractivity (Wildman–Crippen MR) is 79.6 cm³/mol. The number of thiocarbonyl (C=S) groups is 1. The van der Waals surface area contributed by atoms with Crippen molar-refractivity contribution in [1.82, 2.24) is 0 Å². The van der Waals surface area contributed by atoms with Crippen LogP contribution in [0.3, 0.4) is 0 Å². The molecule has 0 unspecified atom stereocenters. The lowest BCUT2D eigenvalue weighted by Crippen LogP contribution is -2.27. The number of hydrogen-bond donors (Lipinski definition) is 1. The SMILES string of the molecule is COc1ccc(C(N)=S)c(N2CCCCCC2)c1. The minimum atomic E-state index is 0.455. The van der Waals surface area contributed by atoms with Gasteiger partial charge in [0.15, 0.2) is 0 Å². The van der Waals surface area contributed by atoms with Gasteiger partial charge in [-0.25, -0.2) is 0 Å². The predicted octanol–water partition coefficient (Wildman–Crippen LogP) is 2.71. The van der Waals surface area contributed by atoms with Crippen LogP contribution in [0.25, 0.3) is 0 Å². The van der Waals surface area contributed by atoms with E-state index >= 15 is 0 Å². The van der Waals surface area contributed by atoms with Gasteiger partial charge in [0.05, 0.1) is 12.8 Å². The van der Waals surface area contributed by atoms with Gasteiger partial charge in [-0.3, -0.25) is 0 Å². The van der Waals surface area contributed by atoms with Crippen LogP contribution in [0, 0.1) is 0 Å². The third kappa shape index (κ3) is 2.93. The maximum atomic E-state index is 5.82. The molecule has 0 bridgehead atoms. The number of nitrogens with two attached hydrogens (primary N) is 1. The smallest absolute Gasteiger partial charge is 0.120 e. The van der Waals surface area contributed by atoms with Crippen LogP contribution < -0.4 is 15.4 Å². The highest BCUT2D eigenvalue weighted by molar-refractivity contribution is 7.80. The highest BCUT2D eigenvalue weighted by Gasteiger charge is 2.15. The fourth-order valence-corrected chi connectivity index (χ4v) is 2.59. The molecule has 1 aromatic rings. The summed E-state index contributed by atoms with van der Waals surface area (Å²) in [5, 5.41) is 0. The molecule has 1 aromatic carbocycles. The second kappa shape index (κ2) is 6.05. The van der Waals surface area contributed by atoms with Gasteiger partial charge in [-0.05, 0) is 25.0 Å². The summed E-state index contributed by atoms with van der Waals surface area (Å²) in [6.07, 6.45) is 5.08. The molecule has 2 N–H and O–H groups in total. The normalized spacial score (nSPS) is 16.2. The Morgan fingerprint density at radius 3 is 2.44 bits per heavy atom. The van der Waals surface area contributed by atoms with Crippen molar-refractivity contribution in [2.45, 2.75) is 25.7 Å². The lowest BCUT2D eigenvalue weighted by Gasteiger charge is -2.25. The molecule has 4 heteroatoms. The largest absolute Gasteiger partial charge is 0.497 e. The number of rotatable bonds is 3. The standard InChI is InChI=1S/C14H20N2OS/c1-17-11-6-7-12(14(15)18)13(10-11)16-8-4-2-3-5-9-16/h6-7,10H,2-5,8-9H2,1H3,(H2,15,18). The van der Waals surface area contributed by atoms with Gasteiger partial charge in [-0.2, -0.15) is 0 Å². The molecule has 1 fully saturated rings. The fourth-order valence-electron chi connectivity index (χ4n) is 2.42. The molecule has 0 aromatic heterocycles. The van der Waals surface area contributed by atoms with Crippen LogP contribution in [0.15, 0.2) is 18.2 Å². The summed E-state index contributed by atoms with van der Waals surface area (Å²) in [6.45, 7) is 2.14. The van der Waals surface area contributed by atoms with Crippen molar-refractivity contribution in [3.8, 4) is 5.75 Å². The highest BCUT2D eigenvalue weighted by atomic mass is 32.1. The Balaban J connectivity index is 2.35. The Morgan fingerprint density at radius 1 is 1.22 bits per heavy atom. The number of hydrogen-bond acceptors (Lipinski definition) is 3. The van der Waals surface area contributed by atoms with Gasteiger partial charge < -0.3 is 15.4 Å². The molecule has 1 aliphatic rings. The average molecular weight is 264 g/mol. The number of nitrogens with zero attached hydrogens (tertiary/aromatic N) is 1. The van der Waals surface area contributed by atoms with Gasteiger partial charge in [0.2, 0.25) is 0 Å². The lowest BCUT2D eigenvalue weighted by molar-refractivity contribution is 0.414. The van der Waals surface area contributed by atoms with Gasteiger partial charge in [-0.15, -0.1) is 0 Å². The maximum Gasteiger partial charge on any atom is 0.120 e. The molecule has 0 amide bonds. The van der Waals surface area contributed by atoms with E-state index in [9.17, 15) is 0 Å². The summed E-state index contributed by atoms with van der Waals surface area (Å²) in [6, 6.07) is 5.91. The number of methoxy groups -OCH3 is 1. The minimum Gasteiger partial charge on any atom is -0.497 e. The Hall–Kier alpha value is -1.29. The quantitative estimate of drug-likeness (QED) is 0.852. The second-order valence-corrected chi connectivity index (χ2v) is 5.09. The Labute approximate surface area is 114 Å². The zero-order valence-corrected chi connectivity index (χ0v) is 11.6. The van der Waals surface area contributed by atoms with Gasteiger partial charge in [0.1, 0.15) is 10.7 Å². The van der Waals surface area contributed by atoms with E-state index in [4.69, 9.17) is 22.7 Å². The van der Waals surface area contributed by atoms with E-state index in [0.717, 1.165) is 30.1 Å². The van der Waals surface area contributed by atoms with E-state index in [2.05, 4.69) is 4.90 Å². The summed E-state index contributed by atoms with van der Waals surface area (Å²) in [5.74, 6) is 0.856. The first-order chi connectivity index (χ1) is 8.72. The van der Waals surface area contributed by atoms with Crippen LogP contribution in [0.1, 0.15) is 31.2 Å². The average Bonchev–Trinajstić information content (AvgIpc) is 2.66. The van der Waals surface area contributed by atoms with Crippen LogP contribution in [0.4, 0.5) is 5.69 Å². The molecule has 0 aliphatic carbocycles. The third-order valence-corrected chi connectivity index (χ3v) is 3.64. The van der Waals surface area contributed by atoms with E-state index in [-0.39, 0.29) is 0 Å². The lowest BCUT2D eigenvalue weighted by atomic mass is 10.1. The van der Waals surface area contributed by atoms with Crippen molar-refractivity contribution in [3.05, 3.63) is 23.8 Å². The van der Waals surface area contributed by atoms with Crippen LogP contribution >= 0.6 is 12.2 Å². The molecule has 1 heterocycles. The van der Waals surface area contributed by atoms with Crippen LogP contribution in [0.5, 0.6) is 5.75 Å². The molecule has 0 atom stereocenters. The molecular formula is C14H20N2OS. The molecule has 0 spiro atoms. The van der Waals surface area contributed by atoms with Crippen LogP contribution in [-0.4, -0.2) is 25.2 Å². The zero-order valence-electron chi connectivity index (χ0n) is 10.8. The number of benzene rings is 1. The fraction of sp³-hybridized carbons (Fsp3) is 0.500. The molecule has 18 heavy (non-hydrogen) atoms. The topological polar surface area (TPSA) is 38.5 Å². The highest BCUT2D eigenvalue weighted by Crippen LogP contribution is 2.28. The first kappa shape index (κ1) is 13.1. The molecular weight excluding hydrogens is 244 g/mol.